The second-order valence-electron chi connectivity index (χ2n) is 4.43. The van der Waals surface area contributed by atoms with Gasteiger partial charge in [-0.25, -0.2) is 4.98 Å². The molecule has 1 amide bonds. The Balaban J connectivity index is 2.10. The number of nitrogens with zero attached hydrogens (tertiary/aromatic N) is 3. The van der Waals surface area contributed by atoms with Crippen LogP contribution in [-0.4, -0.2) is 20.7 Å². The van der Waals surface area contributed by atoms with E-state index in [0.29, 0.717) is 17.9 Å². The molecule has 100 valence electrons. The Hall–Kier alpha value is -1.69. The van der Waals surface area contributed by atoms with Gasteiger partial charge in [-0.2, -0.15) is 5.10 Å². The van der Waals surface area contributed by atoms with Gasteiger partial charge in [-0.05, 0) is 37.1 Å². The van der Waals surface area contributed by atoms with Gasteiger partial charge in [0.15, 0.2) is 5.82 Å². The van der Waals surface area contributed by atoms with E-state index in [1.807, 2.05) is 26.0 Å². The Morgan fingerprint density at radius 1 is 1.37 bits per heavy atom. The van der Waals surface area contributed by atoms with Crippen LogP contribution >= 0.6 is 15.9 Å². The molecule has 0 saturated heterocycles. The number of carbonyl (C=O) groups is 1. The van der Waals surface area contributed by atoms with E-state index in [1.165, 1.54) is 0 Å². The summed E-state index contributed by atoms with van der Waals surface area (Å²) in [4.78, 5) is 16.2. The van der Waals surface area contributed by atoms with Gasteiger partial charge < -0.3 is 5.32 Å². The summed E-state index contributed by atoms with van der Waals surface area (Å²) in [6.45, 7) is 4.20. The molecule has 2 aromatic rings. The van der Waals surface area contributed by atoms with E-state index in [9.17, 15) is 4.79 Å². The molecule has 0 fully saturated rings. The number of rotatable bonds is 3. The second kappa shape index (κ2) is 5.52. The molecule has 0 spiro atoms. The third-order valence-electron chi connectivity index (χ3n) is 2.80. The zero-order valence-electron chi connectivity index (χ0n) is 11.1. The van der Waals surface area contributed by atoms with Gasteiger partial charge in [0, 0.05) is 17.1 Å². The number of aryl methyl sites for hydroxylation is 3. The van der Waals surface area contributed by atoms with E-state index in [2.05, 4.69) is 31.3 Å². The van der Waals surface area contributed by atoms with Crippen molar-refractivity contribution >= 4 is 21.8 Å². The molecule has 0 bridgehead atoms. The van der Waals surface area contributed by atoms with Gasteiger partial charge >= 0.3 is 0 Å². The number of nitrogens with one attached hydrogen (secondary N) is 1. The minimum absolute atomic E-state index is 0.111. The van der Waals surface area contributed by atoms with Crippen molar-refractivity contribution < 1.29 is 4.79 Å². The smallest absolute Gasteiger partial charge is 0.251 e. The zero-order valence-corrected chi connectivity index (χ0v) is 12.7. The van der Waals surface area contributed by atoms with Crippen molar-refractivity contribution in [1.29, 1.82) is 0 Å². The SMILES string of the molecule is Cc1cc(C(=O)NCc2ncn(C)n2)c(C)cc1Br. The first-order chi connectivity index (χ1) is 8.97. The van der Waals surface area contributed by atoms with E-state index in [4.69, 9.17) is 0 Å². The molecule has 2 rings (SSSR count). The maximum atomic E-state index is 12.1. The van der Waals surface area contributed by atoms with Crippen LogP contribution in [0.2, 0.25) is 0 Å². The average molecular weight is 323 g/mol. The Morgan fingerprint density at radius 2 is 2.11 bits per heavy atom. The number of hydrogen-bond donors (Lipinski definition) is 1. The summed E-state index contributed by atoms with van der Waals surface area (Å²) in [7, 11) is 1.79. The molecule has 0 aliphatic heterocycles. The van der Waals surface area contributed by atoms with E-state index in [-0.39, 0.29) is 5.91 Å². The molecular weight excluding hydrogens is 308 g/mol. The highest BCUT2D eigenvalue weighted by Gasteiger charge is 2.11. The van der Waals surface area contributed by atoms with Gasteiger partial charge in [-0.3, -0.25) is 9.48 Å². The lowest BCUT2D eigenvalue weighted by Gasteiger charge is -2.08. The molecule has 0 aliphatic carbocycles. The van der Waals surface area contributed by atoms with E-state index in [1.54, 1.807) is 18.1 Å². The maximum Gasteiger partial charge on any atom is 0.251 e. The van der Waals surface area contributed by atoms with Crippen LogP contribution in [-0.2, 0) is 13.6 Å². The highest BCUT2D eigenvalue weighted by atomic mass is 79.9. The molecule has 0 radical (unpaired) electrons. The van der Waals surface area contributed by atoms with E-state index < -0.39 is 0 Å². The normalized spacial score (nSPS) is 10.5. The minimum atomic E-state index is -0.111. The van der Waals surface area contributed by atoms with Crippen LogP contribution < -0.4 is 5.32 Å². The highest BCUT2D eigenvalue weighted by molar-refractivity contribution is 9.10. The Labute approximate surface area is 120 Å². The fourth-order valence-corrected chi connectivity index (χ4v) is 2.20. The van der Waals surface area contributed by atoms with Crippen molar-refractivity contribution in [2.24, 2.45) is 7.05 Å². The minimum Gasteiger partial charge on any atom is -0.345 e. The lowest BCUT2D eigenvalue weighted by atomic mass is 10.1. The van der Waals surface area contributed by atoms with Crippen LogP contribution in [0.5, 0.6) is 0 Å². The summed E-state index contributed by atoms with van der Waals surface area (Å²) in [5.74, 6) is 0.489. The third-order valence-corrected chi connectivity index (χ3v) is 3.66. The number of amides is 1. The number of aromatic nitrogens is 3. The molecule has 6 heteroatoms. The largest absolute Gasteiger partial charge is 0.345 e. The Bertz CT molecular complexity index is 621. The molecular formula is C13H15BrN4O. The van der Waals surface area contributed by atoms with E-state index >= 15 is 0 Å². The quantitative estimate of drug-likeness (QED) is 0.941. The highest BCUT2D eigenvalue weighted by Crippen LogP contribution is 2.21. The zero-order chi connectivity index (χ0) is 14.0. The topological polar surface area (TPSA) is 59.8 Å². The van der Waals surface area contributed by atoms with Gasteiger partial charge in [-0.15, -0.1) is 0 Å². The third kappa shape index (κ3) is 3.20. The molecule has 0 unspecified atom stereocenters. The molecule has 0 aliphatic rings. The van der Waals surface area contributed by atoms with Gasteiger partial charge in [-0.1, -0.05) is 15.9 Å². The molecule has 0 atom stereocenters. The van der Waals surface area contributed by atoms with Gasteiger partial charge in [0.05, 0.1) is 6.54 Å². The van der Waals surface area contributed by atoms with Crippen LogP contribution in [0.15, 0.2) is 22.9 Å². The summed E-state index contributed by atoms with van der Waals surface area (Å²) >= 11 is 3.45. The van der Waals surface area contributed by atoms with Gasteiger partial charge in [0.1, 0.15) is 6.33 Å². The van der Waals surface area contributed by atoms with E-state index in [0.717, 1.165) is 15.6 Å². The van der Waals surface area contributed by atoms with Crippen molar-refractivity contribution in [3.05, 3.63) is 45.4 Å². The second-order valence-corrected chi connectivity index (χ2v) is 5.29. The van der Waals surface area contributed by atoms with Crippen molar-refractivity contribution in [1.82, 2.24) is 20.1 Å². The maximum absolute atomic E-state index is 12.1. The number of hydrogen-bond acceptors (Lipinski definition) is 3. The van der Waals surface area contributed by atoms with Crippen LogP contribution in [0.3, 0.4) is 0 Å². The monoisotopic (exact) mass is 322 g/mol. The number of carbonyl (C=O) groups excluding carboxylic acids is 1. The molecule has 1 aromatic heterocycles. The molecule has 0 saturated carbocycles. The first kappa shape index (κ1) is 13.7. The summed E-state index contributed by atoms with van der Waals surface area (Å²) in [5, 5.41) is 6.94. The summed E-state index contributed by atoms with van der Waals surface area (Å²) in [5.41, 5.74) is 2.65. The average Bonchev–Trinajstić information content (AvgIpc) is 2.77. The van der Waals surface area contributed by atoms with Crippen LogP contribution in [0.25, 0.3) is 0 Å². The van der Waals surface area contributed by atoms with Crippen LogP contribution in [0.4, 0.5) is 0 Å². The molecule has 1 N–H and O–H groups in total. The Morgan fingerprint density at radius 3 is 2.74 bits per heavy atom. The van der Waals surface area contributed by atoms with Crippen molar-refractivity contribution in [3.8, 4) is 0 Å². The van der Waals surface area contributed by atoms with Crippen LogP contribution in [0, 0.1) is 13.8 Å². The summed E-state index contributed by atoms with van der Waals surface area (Å²) in [6.07, 6.45) is 1.61. The predicted octanol–water partition coefficient (Wildman–Crippen LogP) is 2.12. The van der Waals surface area contributed by atoms with Crippen molar-refractivity contribution in [3.63, 3.8) is 0 Å². The molecule has 1 aromatic carbocycles. The molecule has 1 heterocycles. The number of halogens is 1. The first-order valence-corrected chi connectivity index (χ1v) is 6.66. The molecule has 5 nitrogen and oxygen atoms in total. The fourth-order valence-electron chi connectivity index (χ4n) is 1.75. The van der Waals surface area contributed by atoms with Crippen molar-refractivity contribution in [2.45, 2.75) is 20.4 Å². The van der Waals surface area contributed by atoms with Crippen LogP contribution in [0.1, 0.15) is 27.3 Å². The standard InChI is InChI=1S/C13H15BrN4O/c1-8-5-11(14)9(2)4-10(8)13(19)15-6-12-16-7-18(3)17-12/h4-5,7H,6H2,1-3H3,(H,15,19). The van der Waals surface area contributed by atoms with Crippen molar-refractivity contribution in [2.75, 3.05) is 0 Å². The lowest BCUT2D eigenvalue weighted by molar-refractivity contribution is 0.0949. The number of benzene rings is 1. The Kier molecular flexibility index (Phi) is 3.99. The lowest BCUT2D eigenvalue weighted by Crippen LogP contribution is -2.24. The predicted molar refractivity (Wildman–Crippen MR) is 75.8 cm³/mol. The first-order valence-electron chi connectivity index (χ1n) is 5.87. The summed E-state index contributed by atoms with van der Waals surface area (Å²) < 4.78 is 2.62. The van der Waals surface area contributed by atoms with Gasteiger partial charge in [0.2, 0.25) is 0 Å². The van der Waals surface area contributed by atoms with Gasteiger partial charge in [0.25, 0.3) is 5.91 Å². The molecule has 19 heavy (non-hydrogen) atoms. The summed E-state index contributed by atoms with van der Waals surface area (Å²) in [6, 6.07) is 3.82. The fraction of sp³-hybridized carbons (Fsp3) is 0.308.